The zero-order chi connectivity index (χ0) is 42.1. The van der Waals surface area contributed by atoms with Crippen molar-refractivity contribution in [1.29, 1.82) is 0 Å². The molecule has 0 atom stereocenters. The maximum Gasteiger partial charge on any atom is 0.332 e. The molecule has 0 aliphatic heterocycles. The van der Waals surface area contributed by atoms with Crippen LogP contribution in [0.2, 0.25) is 0 Å². The maximum atomic E-state index is 11.5. The second-order valence-corrected chi connectivity index (χ2v) is 14.5. The number of unbranched alkanes of at least 4 members (excludes halogenated alkanes) is 10. The third-order valence-corrected chi connectivity index (χ3v) is 8.00. The third-order valence-electron chi connectivity index (χ3n) is 8.00. The Morgan fingerprint density at radius 1 is 0.293 bits per heavy atom. The highest BCUT2D eigenvalue weighted by molar-refractivity contribution is 5.71. The number of carbonyl (C=O) groups excluding carboxylic acids is 1. The molecular weight excluding hydrogens is 756 g/mol. The van der Waals surface area contributed by atoms with Gasteiger partial charge in [0.15, 0.2) is 0 Å². The van der Waals surface area contributed by atoms with Gasteiger partial charge in [0.25, 0.3) is 0 Å². The molecule has 0 bridgehead atoms. The van der Waals surface area contributed by atoms with Crippen LogP contribution >= 0.6 is 0 Å². The summed E-state index contributed by atoms with van der Waals surface area (Å²) in [5, 5.41) is 0. The summed E-state index contributed by atoms with van der Waals surface area (Å²) in [6.45, 7) is 20.5. The quantitative estimate of drug-likeness (QED) is 0.0533. The highest BCUT2D eigenvalue weighted by atomic mass is 16.6. The fourth-order valence-corrected chi connectivity index (χ4v) is 5.03. The van der Waals surface area contributed by atoms with Crippen LogP contribution in [0.15, 0.2) is 0 Å². The Labute approximate surface area is 352 Å². The zero-order valence-electron chi connectivity index (χ0n) is 37.3. The Morgan fingerprint density at radius 3 is 0.741 bits per heavy atom. The lowest BCUT2D eigenvalue weighted by atomic mass is 10.1. The molecule has 58 heavy (non-hydrogen) atoms. The van der Waals surface area contributed by atoms with E-state index in [9.17, 15) is 4.79 Å². The molecule has 0 heterocycles. The van der Waals surface area contributed by atoms with Crippen LogP contribution in [0.25, 0.3) is 0 Å². The Morgan fingerprint density at radius 2 is 0.500 bits per heavy atom. The summed E-state index contributed by atoms with van der Waals surface area (Å²) in [5.41, 5.74) is -0.512. The van der Waals surface area contributed by atoms with Crippen molar-refractivity contribution in [2.45, 2.75) is 104 Å². The van der Waals surface area contributed by atoms with Gasteiger partial charge in [0.1, 0.15) is 12.2 Å². The smallest absolute Gasteiger partial charge is 0.332 e. The standard InChI is InChI=1S/C43H86O15/c1-5-6-7-8-9-10-11-12-13-14-15-16-45-17-18-46-19-20-47-21-22-48-23-24-49-25-26-50-27-28-51-29-30-52-31-32-53-33-34-54-35-36-55-37-38-56-39-40-57-41-42(44)58-43(2,3)4/h5-41H2,1-4H3. The van der Waals surface area contributed by atoms with Crippen molar-refractivity contribution in [2.75, 3.05) is 172 Å². The highest BCUT2D eigenvalue weighted by Crippen LogP contribution is 2.11. The van der Waals surface area contributed by atoms with Crippen molar-refractivity contribution in [1.82, 2.24) is 0 Å². The first-order valence-corrected chi connectivity index (χ1v) is 22.2. The second-order valence-electron chi connectivity index (χ2n) is 14.5. The fourth-order valence-electron chi connectivity index (χ4n) is 5.03. The molecule has 0 aromatic heterocycles. The van der Waals surface area contributed by atoms with Crippen LogP contribution in [0, 0.1) is 0 Å². The van der Waals surface area contributed by atoms with Crippen molar-refractivity contribution in [3.05, 3.63) is 0 Å². The van der Waals surface area contributed by atoms with E-state index in [0.29, 0.717) is 159 Å². The van der Waals surface area contributed by atoms with Gasteiger partial charge in [0, 0.05) is 6.61 Å². The molecule has 0 amide bonds. The highest BCUT2D eigenvalue weighted by Gasteiger charge is 2.15. The lowest BCUT2D eigenvalue weighted by Gasteiger charge is -2.19. The van der Waals surface area contributed by atoms with Crippen molar-refractivity contribution in [2.24, 2.45) is 0 Å². The average molecular weight is 843 g/mol. The van der Waals surface area contributed by atoms with Gasteiger partial charge in [-0.3, -0.25) is 0 Å². The number of carbonyl (C=O) groups is 1. The van der Waals surface area contributed by atoms with E-state index >= 15 is 0 Å². The van der Waals surface area contributed by atoms with E-state index in [-0.39, 0.29) is 12.6 Å². The summed E-state index contributed by atoms with van der Waals surface area (Å²) in [5.74, 6) is -0.386. The Bertz CT molecular complexity index is 787. The molecule has 15 heteroatoms. The molecule has 0 aromatic rings. The van der Waals surface area contributed by atoms with E-state index in [0.717, 1.165) is 13.0 Å². The maximum absolute atomic E-state index is 11.5. The number of ether oxygens (including phenoxy) is 14. The van der Waals surface area contributed by atoms with Gasteiger partial charge in [0.05, 0.1) is 159 Å². The molecular formula is C43H86O15. The van der Waals surface area contributed by atoms with Crippen LogP contribution in [-0.4, -0.2) is 183 Å². The molecule has 0 aliphatic carbocycles. The summed E-state index contributed by atoms with van der Waals surface area (Å²) in [7, 11) is 0. The fraction of sp³-hybridized carbons (Fsp3) is 0.977. The van der Waals surface area contributed by atoms with Crippen LogP contribution < -0.4 is 0 Å². The Hall–Kier alpha value is -1.05. The first-order valence-electron chi connectivity index (χ1n) is 22.2. The molecule has 0 radical (unpaired) electrons. The lowest BCUT2D eigenvalue weighted by molar-refractivity contribution is -0.160. The van der Waals surface area contributed by atoms with E-state index in [4.69, 9.17) is 66.3 Å². The van der Waals surface area contributed by atoms with E-state index < -0.39 is 5.60 Å². The van der Waals surface area contributed by atoms with Gasteiger partial charge in [-0.15, -0.1) is 0 Å². The van der Waals surface area contributed by atoms with Crippen LogP contribution in [0.4, 0.5) is 0 Å². The van der Waals surface area contributed by atoms with Gasteiger partial charge in [-0.25, -0.2) is 4.79 Å². The van der Waals surface area contributed by atoms with Gasteiger partial charge in [-0.05, 0) is 27.2 Å². The van der Waals surface area contributed by atoms with Crippen molar-refractivity contribution < 1.29 is 71.1 Å². The van der Waals surface area contributed by atoms with Crippen LogP contribution in [0.3, 0.4) is 0 Å². The van der Waals surface area contributed by atoms with Crippen molar-refractivity contribution in [3.63, 3.8) is 0 Å². The van der Waals surface area contributed by atoms with E-state index in [1.165, 1.54) is 64.2 Å². The second kappa shape index (κ2) is 48.6. The predicted molar refractivity (Wildman–Crippen MR) is 223 cm³/mol. The predicted octanol–water partition coefficient (Wildman–Crippen LogP) is 5.85. The molecule has 0 saturated heterocycles. The van der Waals surface area contributed by atoms with E-state index in [2.05, 4.69) is 6.92 Å². The minimum absolute atomic E-state index is 0.0836. The average Bonchev–Trinajstić information content (AvgIpc) is 3.19. The first-order chi connectivity index (χ1) is 28.5. The molecule has 0 unspecified atom stereocenters. The first kappa shape index (κ1) is 57.0. The van der Waals surface area contributed by atoms with Crippen LogP contribution in [0.1, 0.15) is 98.3 Å². The summed E-state index contributed by atoms with van der Waals surface area (Å²) in [6.07, 6.45) is 14.8. The number of hydrogen-bond donors (Lipinski definition) is 0. The summed E-state index contributed by atoms with van der Waals surface area (Å²) < 4.78 is 76.5. The van der Waals surface area contributed by atoms with Crippen molar-refractivity contribution >= 4 is 5.97 Å². The normalized spacial score (nSPS) is 11.9. The van der Waals surface area contributed by atoms with Crippen LogP contribution in [0.5, 0.6) is 0 Å². The van der Waals surface area contributed by atoms with Gasteiger partial charge in [-0.1, -0.05) is 71.1 Å². The number of rotatable bonds is 50. The topological polar surface area (TPSA) is 146 Å². The molecule has 0 saturated carbocycles. The van der Waals surface area contributed by atoms with Gasteiger partial charge in [0.2, 0.25) is 0 Å². The third kappa shape index (κ3) is 53.0. The van der Waals surface area contributed by atoms with Gasteiger partial charge < -0.3 is 66.3 Å². The van der Waals surface area contributed by atoms with Crippen LogP contribution in [-0.2, 0) is 71.1 Å². The summed E-state index contributed by atoms with van der Waals surface area (Å²) in [6, 6.07) is 0. The van der Waals surface area contributed by atoms with E-state index in [1.54, 1.807) is 0 Å². The molecule has 0 fully saturated rings. The largest absolute Gasteiger partial charge is 0.458 e. The Balaban J connectivity index is 3.09. The van der Waals surface area contributed by atoms with Crippen molar-refractivity contribution in [3.8, 4) is 0 Å². The molecule has 348 valence electrons. The lowest BCUT2D eigenvalue weighted by Crippen LogP contribution is -2.27. The minimum Gasteiger partial charge on any atom is -0.458 e. The van der Waals surface area contributed by atoms with E-state index in [1.807, 2.05) is 20.8 Å². The van der Waals surface area contributed by atoms with Gasteiger partial charge in [-0.2, -0.15) is 0 Å². The Kier molecular flexibility index (Phi) is 47.7. The molecule has 0 aliphatic rings. The van der Waals surface area contributed by atoms with Gasteiger partial charge >= 0.3 is 5.97 Å². The number of hydrogen-bond acceptors (Lipinski definition) is 15. The molecule has 15 nitrogen and oxygen atoms in total. The molecule has 0 spiro atoms. The molecule has 0 N–H and O–H groups in total. The SMILES string of the molecule is CCCCCCCCCCCCCOCCOCCOCCOCCOCCOCCOCCOCCOCCOCCOCCOCCOCC(=O)OC(C)(C)C. The molecule has 0 aromatic carbocycles. The molecule has 0 rings (SSSR count). The minimum atomic E-state index is -0.512. The monoisotopic (exact) mass is 843 g/mol. The zero-order valence-corrected chi connectivity index (χ0v) is 37.3. The summed E-state index contributed by atoms with van der Waals surface area (Å²) in [4.78, 5) is 11.5. The summed E-state index contributed by atoms with van der Waals surface area (Å²) >= 11 is 0. The number of esters is 1.